The van der Waals surface area contributed by atoms with Crippen LogP contribution in [0.4, 0.5) is 0 Å². The summed E-state index contributed by atoms with van der Waals surface area (Å²) in [5.41, 5.74) is 4.24. The number of hydrogen-bond acceptors (Lipinski definition) is 5. The van der Waals surface area contributed by atoms with E-state index in [1.807, 2.05) is 0 Å². The first-order valence-corrected chi connectivity index (χ1v) is 15.1. The zero-order chi connectivity index (χ0) is 26.7. The number of fused-ring (bicyclic) bond motifs is 1. The van der Waals surface area contributed by atoms with Crippen LogP contribution in [0.1, 0.15) is 90.9 Å². The average molecular weight is 523 g/mol. The lowest BCUT2D eigenvalue weighted by atomic mass is 9.54. The number of rotatable bonds is 6. The third-order valence-corrected chi connectivity index (χ3v) is 11.1. The molecular weight excluding hydrogens is 476 g/mol. The van der Waals surface area contributed by atoms with Gasteiger partial charge in [0.05, 0.1) is 18.3 Å². The average Bonchev–Trinajstić information content (AvgIpc) is 3.20. The first-order valence-electron chi connectivity index (χ1n) is 15.1. The highest BCUT2D eigenvalue weighted by Crippen LogP contribution is 2.58. The molecule has 4 bridgehead atoms. The van der Waals surface area contributed by atoms with Gasteiger partial charge in [0.15, 0.2) is 0 Å². The van der Waals surface area contributed by atoms with Crippen LogP contribution in [0.3, 0.4) is 0 Å². The number of hydrogen-bond donors (Lipinski definition) is 2. The van der Waals surface area contributed by atoms with Gasteiger partial charge in [-0.25, -0.2) is 4.79 Å². The molecule has 0 saturated heterocycles. The molecule has 2 N–H and O–H groups in total. The predicted octanol–water partition coefficient (Wildman–Crippen LogP) is 5.96. The second-order valence-electron chi connectivity index (χ2n) is 13.8. The lowest BCUT2D eigenvalue weighted by Gasteiger charge is -2.55. The van der Waals surface area contributed by atoms with Crippen molar-refractivity contribution in [2.75, 3.05) is 6.61 Å². The van der Waals surface area contributed by atoms with Gasteiger partial charge in [-0.15, -0.1) is 0 Å². The Hall–Kier alpha value is -1.69. The van der Waals surface area contributed by atoms with E-state index < -0.39 is 12.2 Å². The summed E-state index contributed by atoms with van der Waals surface area (Å²) < 4.78 is 12.4. The lowest BCUT2D eigenvalue weighted by Crippen LogP contribution is -2.53. The van der Waals surface area contributed by atoms with Crippen molar-refractivity contribution < 1.29 is 24.5 Å². The number of aliphatic hydroxyl groups excluding tert-OH is 2. The Kier molecular flexibility index (Phi) is 7.02. The highest BCUT2D eigenvalue weighted by molar-refractivity contribution is 5.71. The summed E-state index contributed by atoms with van der Waals surface area (Å²) in [6, 6.07) is 0. The summed E-state index contributed by atoms with van der Waals surface area (Å²) in [5.74, 6) is 2.49. The van der Waals surface area contributed by atoms with Crippen molar-refractivity contribution >= 4 is 5.97 Å². The summed E-state index contributed by atoms with van der Waals surface area (Å²) in [7, 11) is 0. The molecule has 0 aliphatic heterocycles. The van der Waals surface area contributed by atoms with Gasteiger partial charge in [0.1, 0.15) is 12.2 Å². The van der Waals surface area contributed by atoms with Crippen molar-refractivity contribution in [2.45, 2.75) is 115 Å². The summed E-state index contributed by atoms with van der Waals surface area (Å²) in [6.45, 7) is 8.54. The van der Waals surface area contributed by atoms with Gasteiger partial charge in [-0.2, -0.15) is 0 Å². The maximum absolute atomic E-state index is 12.9. The van der Waals surface area contributed by atoms with Gasteiger partial charge in [-0.1, -0.05) is 37.3 Å². The Balaban J connectivity index is 1.07. The molecular formula is C33H46O5. The molecule has 38 heavy (non-hydrogen) atoms. The molecule has 0 spiro atoms. The fourth-order valence-electron chi connectivity index (χ4n) is 9.66. The molecule has 0 heterocycles. The molecule has 208 valence electrons. The van der Waals surface area contributed by atoms with E-state index in [2.05, 4.69) is 38.7 Å². The maximum atomic E-state index is 12.9. The number of carbonyl (C=O) groups is 1. The molecule has 0 aromatic rings. The number of carbonyl (C=O) groups excluding carboxylic acids is 1. The Morgan fingerprint density at radius 2 is 1.82 bits per heavy atom. The van der Waals surface area contributed by atoms with Crippen molar-refractivity contribution in [1.29, 1.82) is 0 Å². The minimum atomic E-state index is -0.660. The lowest BCUT2D eigenvalue weighted by molar-refractivity contribution is -0.191. The van der Waals surface area contributed by atoms with E-state index in [9.17, 15) is 15.0 Å². The fraction of sp³-hybridized carbons (Fsp3) is 0.727. The van der Waals surface area contributed by atoms with Crippen molar-refractivity contribution in [3.63, 3.8) is 0 Å². The molecule has 5 heteroatoms. The van der Waals surface area contributed by atoms with Gasteiger partial charge < -0.3 is 19.7 Å². The second kappa shape index (κ2) is 10.1. The monoisotopic (exact) mass is 522 g/mol. The van der Waals surface area contributed by atoms with E-state index in [4.69, 9.17) is 9.47 Å². The Morgan fingerprint density at radius 3 is 2.50 bits per heavy atom. The standard InChI is InChI=1S/C33H46O5/c1-20-26(14-27(34)15-30(20)35)7-6-25-5-4-10-32(3)28(8-9-29(25)32)21(2)37-19-31(36)38-33-16-22-11-23(17-33)13-24(12-22)18-33/h6-8,21-24,27,29-30,34-35H,1,4-5,9-19H2,2-3H3/b25-6+,26-7-/t21?,22?,23?,24?,27-,29+,30+,32-,33?/m1/s1. The van der Waals surface area contributed by atoms with Crippen LogP contribution >= 0.6 is 0 Å². The van der Waals surface area contributed by atoms with Gasteiger partial charge in [0.2, 0.25) is 0 Å². The van der Waals surface area contributed by atoms with Crippen LogP contribution in [0.2, 0.25) is 0 Å². The van der Waals surface area contributed by atoms with Crippen molar-refractivity contribution in [2.24, 2.45) is 29.1 Å². The zero-order valence-electron chi connectivity index (χ0n) is 23.3. The quantitative estimate of drug-likeness (QED) is 0.332. The van der Waals surface area contributed by atoms with Crippen molar-refractivity contribution in [3.05, 3.63) is 47.1 Å². The van der Waals surface area contributed by atoms with E-state index in [0.717, 1.165) is 73.8 Å². The summed E-state index contributed by atoms with van der Waals surface area (Å²) >= 11 is 0. The molecule has 0 radical (unpaired) electrons. The van der Waals surface area contributed by atoms with Gasteiger partial charge in [0.25, 0.3) is 0 Å². The van der Waals surface area contributed by atoms with Crippen molar-refractivity contribution in [3.8, 4) is 0 Å². The molecule has 0 aromatic carbocycles. The van der Waals surface area contributed by atoms with E-state index >= 15 is 0 Å². The third-order valence-electron chi connectivity index (χ3n) is 11.1. The third kappa shape index (κ3) is 4.88. The second-order valence-corrected chi connectivity index (χ2v) is 13.8. The van der Waals surface area contributed by atoms with Crippen LogP contribution < -0.4 is 0 Å². The van der Waals surface area contributed by atoms with E-state index in [0.29, 0.717) is 18.8 Å². The molecule has 7 rings (SSSR count). The van der Waals surface area contributed by atoms with Crippen LogP contribution in [0.15, 0.2) is 47.1 Å². The molecule has 5 nitrogen and oxygen atoms in total. The Labute approximate surface area is 228 Å². The smallest absolute Gasteiger partial charge is 0.332 e. The molecule has 7 aliphatic rings. The molecule has 0 amide bonds. The van der Waals surface area contributed by atoms with E-state index in [1.165, 1.54) is 30.4 Å². The van der Waals surface area contributed by atoms with Crippen LogP contribution in [0.25, 0.3) is 0 Å². The number of allylic oxidation sites excluding steroid dienone is 4. The minimum absolute atomic E-state index is 0.0223. The number of aliphatic hydroxyl groups is 2. The molecule has 1 unspecified atom stereocenters. The van der Waals surface area contributed by atoms with Gasteiger partial charge in [-0.05, 0) is 123 Å². The predicted molar refractivity (Wildman–Crippen MR) is 147 cm³/mol. The first kappa shape index (κ1) is 26.5. The molecule has 5 atom stereocenters. The van der Waals surface area contributed by atoms with Gasteiger partial charge in [0, 0.05) is 6.42 Å². The molecule has 6 fully saturated rings. The van der Waals surface area contributed by atoms with Gasteiger partial charge in [-0.3, -0.25) is 0 Å². The summed E-state index contributed by atoms with van der Waals surface area (Å²) in [5, 5.41) is 20.3. The summed E-state index contributed by atoms with van der Waals surface area (Å²) in [6.07, 6.45) is 17.7. The maximum Gasteiger partial charge on any atom is 0.332 e. The van der Waals surface area contributed by atoms with Crippen LogP contribution in [0, 0.1) is 29.1 Å². The number of esters is 1. The minimum Gasteiger partial charge on any atom is -0.457 e. The first-order chi connectivity index (χ1) is 18.1. The fourth-order valence-corrected chi connectivity index (χ4v) is 9.66. The molecule has 7 aliphatic carbocycles. The van der Waals surface area contributed by atoms with E-state index in [1.54, 1.807) is 0 Å². The SMILES string of the molecule is C=C1/C(=C\C=C2/CCC[C@]3(C)C(C(C)OCC(=O)OC45CC6CC(CC(C6)C4)C5)=CC[C@@H]23)C[C@@H](O)C[C@@H]1O. The van der Waals surface area contributed by atoms with Crippen LogP contribution in [0.5, 0.6) is 0 Å². The highest BCUT2D eigenvalue weighted by atomic mass is 16.6. The topological polar surface area (TPSA) is 76.0 Å². The Morgan fingerprint density at radius 1 is 1.13 bits per heavy atom. The zero-order valence-corrected chi connectivity index (χ0v) is 23.3. The normalized spacial score (nSPS) is 44.8. The highest BCUT2D eigenvalue weighted by Gasteiger charge is 2.53. The van der Waals surface area contributed by atoms with Crippen LogP contribution in [-0.4, -0.2) is 46.7 Å². The Bertz CT molecular complexity index is 1030. The largest absolute Gasteiger partial charge is 0.457 e. The number of ether oxygens (including phenoxy) is 2. The van der Waals surface area contributed by atoms with E-state index in [-0.39, 0.29) is 29.7 Å². The van der Waals surface area contributed by atoms with Crippen molar-refractivity contribution in [1.82, 2.24) is 0 Å². The molecule has 6 saturated carbocycles. The van der Waals surface area contributed by atoms with Gasteiger partial charge >= 0.3 is 5.97 Å². The molecule has 0 aromatic heterocycles. The summed E-state index contributed by atoms with van der Waals surface area (Å²) in [4.78, 5) is 12.9. The van der Waals surface area contributed by atoms with Crippen LogP contribution in [-0.2, 0) is 14.3 Å².